The summed E-state index contributed by atoms with van der Waals surface area (Å²) in [5, 5.41) is 8.84. The molecule has 1 N–H and O–H groups in total. The number of carbonyl (C=O) groups is 1. The van der Waals surface area contributed by atoms with Gasteiger partial charge in [-0.25, -0.2) is 8.78 Å². The van der Waals surface area contributed by atoms with E-state index in [1.165, 1.54) is 7.11 Å². The van der Waals surface area contributed by atoms with Crippen molar-refractivity contribution >= 4 is 5.91 Å². The summed E-state index contributed by atoms with van der Waals surface area (Å²) in [6.45, 7) is -1.23. The van der Waals surface area contributed by atoms with E-state index in [1.807, 2.05) is 0 Å². The molecule has 0 aliphatic carbocycles. The number of rotatable bonds is 7. The molecular formula is C13H17F2NO3. The molecule has 0 spiro atoms. The van der Waals surface area contributed by atoms with Crippen LogP contribution >= 0.6 is 0 Å². The number of amides is 1. The van der Waals surface area contributed by atoms with E-state index in [-0.39, 0.29) is 13.2 Å². The number of hydrogen-bond acceptors (Lipinski definition) is 3. The first kappa shape index (κ1) is 15.5. The van der Waals surface area contributed by atoms with Crippen LogP contribution in [0.2, 0.25) is 0 Å². The fourth-order valence-electron chi connectivity index (χ4n) is 1.75. The largest absolute Gasteiger partial charge is 0.395 e. The molecule has 6 heteroatoms. The molecule has 0 aliphatic heterocycles. The number of carbonyl (C=O) groups excluding carboxylic acids is 1. The second-order valence-corrected chi connectivity index (χ2v) is 3.93. The molecule has 1 unspecified atom stereocenters. The smallest absolute Gasteiger partial charge is 0.256 e. The highest BCUT2D eigenvalue weighted by atomic mass is 19.3. The number of aliphatic hydroxyl groups excluding tert-OH is 1. The lowest BCUT2D eigenvalue weighted by molar-refractivity contribution is -0.145. The summed E-state index contributed by atoms with van der Waals surface area (Å²) in [6.07, 6.45) is -3.59. The molecule has 1 aromatic carbocycles. The van der Waals surface area contributed by atoms with Crippen molar-refractivity contribution in [2.45, 2.75) is 12.5 Å². The molecule has 0 aliphatic rings. The average Bonchev–Trinajstić information content (AvgIpc) is 2.39. The number of halogens is 2. The Balaban J connectivity index is 2.86. The molecule has 0 heterocycles. The summed E-state index contributed by atoms with van der Waals surface area (Å²) in [6, 6.07) is 8.62. The predicted octanol–water partition coefficient (Wildman–Crippen LogP) is 1.46. The van der Waals surface area contributed by atoms with E-state index < -0.39 is 25.0 Å². The first-order chi connectivity index (χ1) is 9.10. The number of nitrogens with zero attached hydrogens (tertiary/aromatic N) is 1. The average molecular weight is 273 g/mol. The third kappa shape index (κ3) is 4.57. The SMILES string of the molecule is COC(C(=O)N(CCO)CC(F)F)c1ccccc1. The van der Waals surface area contributed by atoms with Gasteiger partial charge in [0.1, 0.15) is 0 Å². The van der Waals surface area contributed by atoms with Gasteiger partial charge in [0.2, 0.25) is 0 Å². The Labute approximate surface area is 110 Å². The van der Waals surface area contributed by atoms with Gasteiger partial charge < -0.3 is 14.7 Å². The van der Waals surface area contributed by atoms with Gasteiger partial charge in [-0.05, 0) is 5.56 Å². The van der Waals surface area contributed by atoms with Crippen molar-refractivity contribution in [3.8, 4) is 0 Å². The van der Waals surface area contributed by atoms with Crippen LogP contribution in [0.5, 0.6) is 0 Å². The zero-order valence-corrected chi connectivity index (χ0v) is 10.6. The summed E-state index contributed by atoms with van der Waals surface area (Å²) in [4.78, 5) is 13.1. The Morgan fingerprint density at radius 1 is 1.37 bits per heavy atom. The normalized spacial score (nSPS) is 12.5. The van der Waals surface area contributed by atoms with E-state index in [2.05, 4.69) is 0 Å². The minimum Gasteiger partial charge on any atom is -0.395 e. The van der Waals surface area contributed by atoms with Crippen molar-refractivity contribution in [2.24, 2.45) is 0 Å². The van der Waals surface area contributed by atoms with Crippen molar-refractivity contribution in [1.29, 1.82) is 0 Å². The summed E-state index contributed by atoms with van der Waals surface area (Å²) in [5.41, 5.74) is 0.590. The van der Waals surface area contributed by atoms with Crippen molar-refractivity contribution in [2.75, 3.05) is 26.8 Å². The van der Waals surface area contributed by atoms with E-state index >= 15 is 0 Å². The number of alkyl halides is 2. The molecule has 1 atom stereocenters. The summed E-state index contributed by atoms with van der Waals surface area (Å²) < 4.78 is 29.9. The van der Waals surface area contributed by atoms with Crippen molar-refractivity contribution in [3.63, 3.8) is 0 Å². The molecule has 0 radical (unpaired) electrons. The Hall–Kier alpha value is -1.53. The number of aliphatic hydroxyl groups is 1. The van der Waals surface area contributed by atoms with Gasteiger partial charge in [-0.2, -0.15) is 0 Å². The van der Waals surface area contributed by atoms with Gasteiger partial charge in [-0.1, -0.05) is 30.3 Å². The maximum atomic E-state index is 12.4. The summed E-state index contributed by atoms with van der Waals surface area (Å²) in [7, 11) is 1.34. The van der Waals surface area contributed by atoms with Crippen LogP contribution in [-0.4, -0.2) is 49.1 Å². The topological polar surface area (TPSA) is 49.8 Å². The van der Waals surface area contributed by atoms with Crippen LogP contribution < -0.4 is 0 Å². The number of hydrogen-bond donors (Lipinski definition) is 1. The van der Waals surface area contributed by atoms with Crippen LogP contribution in [0.1, 0.15) is 11.7 Å². The third-order valence-corrected chi connectivity index (χ3v) is 2.60. The van der Waals surface area contributed by atoms with Gasteiger partial charge in [-0.15, -0.1) is 0 Å². The first-order valence-corrected chi connectivity index (χ1v) is 5.85. The minimum atomic E-state index is -2.65. The molecule has 1 amide bonds. The third-order valence-electron chi connectivity index (χ3n) is 2.60. The van der Waals surface area contributed by atoms with Crippen LogP contribution in [0.4, 0.5) is 8.78 Å². The second kappa shape index (κ2) is 7.81. The molecular weight excluding hydrogens is 256 g/mol. The van der Waals surface area contributed by atoms with Crippen LogP contribution in [0.3, 0.4) is 0 Å². The summed E-state index contributed by atoms with van der Waals surface area (Å²) in [5.74, 6) is -0.581. The van der Waals surface area contributed by atoms with Gasteiger partial charge >= 0.3 is 0 Å². The minimum absolute atomic E-state index is 0.143. The molecule has 0 saturated carbocycles. The number of methoxy groups -OCH3 is 1. The zero-order valence-electron chi connectivity index (χ0n) is 10.6. The highest BCUT2D eigenvalue weighted by Crippen LogP contribution is 2.19. The molecule has 0 fully saturated rings. The molecule has 0 aromatic heterocycles. The monoisotopic (exact) mass is 273 g/mol. The maximum absolute atomic E-state index is 12.4. The van der Waals surface area contributed by atoms with Crippen LogP contribution in [0, 0.1) is 0 Å². The van der Waals surface area contributed by atoms with Gasteiger partial charge in [0.15, 0.2) is 6.10 Å². The Bertz CT molecular complexity index is 387. The zero-order chi connectivity index (χ0) is 14.3. The van der Waals surface area contributed by atoms with E-state index in [9.17, 15) is 13.6 Å². The maximum Gasteiger partial charge on any atom is 0.256 e. The fraction of sp³-hybridized carbons (Fsp3) is 0.462. The highest BCUT2D eigenvalue weighted by molar-refractivity contribution is 5.82. The van der Waals surface area contributed by atoms with Crippen molar-refractivity contribution in [3.05, 3.63) is 35.9 Å². The van der Waals surface area contributed by atoms with E-state index in [0.29, 0.717) is 5.56 Å². The van der Waals surface area contributed by atoms with E-state index in [0.717, 1.165) is 4.90 Å². The second-order valence-electron chi connectivity index (χ2n) is 3.93. The van der Waals surface area contributed by atoms with Crippen LogP contribution in [0.15, 0.2) is 30.3 Å². The lowest BCUT2D eigenvalue weighted by Gasteiger charge is -2.26. The lowest BCUT2D eigenvalue weighted by atomic mass is 10.1. The van der Waals surface area contributed by atoms with Gasteiger partial charge in [0.05, 0.1) is 13.2 Å². The summed E-state index contributed by atoms with van der Waals surface area (Å²) >= 11 is 0. The number of benzene rings is 1. The molecule has 1 aromatic rings. The molecule has 1 rings (SSSR count). The first-order valence-electron chi connectivity index (χ1n) is 5.85. The van der Waals surface area contributed by atoms with Crippen molar-refractivity contribution in [1.82, 2.24) is 4.90 Å². The molecule has 19 heavy (non-hydrogen) atoms. The quantitative estimate of drug-likeness (QED) is 0.818. The molecule has 0 bridgehead atoms. The Morgan fingerprint density at radius 2 is 2.00 bits per heavy atom. The lowest BCUT2D eigenvalue weighted by Crippen LogP contribution is -2.40. The molecule has 106 valence electrons. The van der Waals surface area contributed by atoms with E-state index in [1.54, 1.807) is 30.3 Å². The van der Waals surface area contributed by atoms with Gasteiger partial charge in [0, 0.05) is 13.7 Å². The predicted molar refractivity (Wildman–Crippen MR) is 65.9 cm³/mol. The fourth-order valence-corrected chi connectivity index (χ4v) is 1.75. The highest BCUT2D eigenvalue weighted by Gasteiger charge is 2.27. The van der Waals surface area contributed by atoms with Crippen molar-refractivity contribution < 1.29 is 23.4 Å². The van der Waals surface area contributed by atoms with E-state index in [4.69, 9.17) is 9.84 Å². The van der Waals surface area contributed by atoms with Crippen LogP contribution in [0.25, 0.3) is 0 Å². The Kier molecular flexibility index (Phi) is 6.38. The van der Waals surface area contributed by atoms with Gasteiger partial charge in [0.25, 0.3) is 12.3 Å². The molecule has 4 nitrogen and oxygen atoms in total. The number of ether oxygens (including phenoxy) is 1. The Morgan fingerprint density at radius 3 is 2.47 bits per heavy atom. The van der Waals surface area contributed by atoms with Crippen LogP contribution in [-0.2, 0) is 9.53 Å². The molecule has 0 saturated heterocycles. The van der Waals surface area contributed by atoms with Gasteiger partial charge in [-0.3, -0.25) is 4.79 Å². The standard InChI is InChI=1S/C13H17F2NO3/c1-19-12(10-5-3-2-4-6-10)13(18)16(7-8-17)9-11(14)15/h2-6,11-12,17H,7-9H2,1H3.